The molecule has 0 bridgehead atoms. The van der Waals surface area contributed by atoms with Crippen LogP contribution < -0.4 is 5.43 Å². The van der Waals surface area contributed by atoms with E-state index in [-0.39, 0.29) is 11.3 Å². The van der Waals surface area contributed by atoms with Crippen LogP contribution in [0, 0.1) is 0 Å². The Kier molecular flexibility index (Phi) is 2.11. The Labute approximate surface area is 98.3 Å². The van der Waals surface area contributed by atoms with E-state index in [1.54, 1.807) is 11.8 Å². The van der Waals surface area contributed by atoms with E-state index in [0.29, 0.717) is 0 Å². The van der Waals surface area contributed by atoms with E-state index in [4.69, 9.17) is 0 Å². The molecule has 0 amide bonds. The molecule has 0 radical (unpaired) electrons. The van der Waals surface area contributed by atoms with E-state index in [0.717, 1.165) is 22.3 Å². The van der Waals surface area contributed by atoms with Gasteiger partial charge in [0.05, 0.1) is 11.4 Å². The minimum Gasteiger partial charge on any atom is -0.336 e. The van der Waals surface area contributed by atoms with Crippen molar-refractivity contribution in [1.82, 2.24) is 4.57 Å². The quantitative estimate of drug-likeness (QED) is 0.752. The number of rotatable bonds is 1. The molecule has 2 aromatic rings. The normalized spacial score (nSPS) is 13.9. The first-order valence-electron chi connectivity index (χ1n) is 5.47. The molecule has 3 heteroatoms. The molecule has 1 aromatic carbocycles. The molecule has 82 valence electrons. The first-order chi connectivity index (χ1) is 7.68. The maximum Gasteiger partial charge on any atom is 0.192 e. The van der Waals surface area contributed by atoms with Crippen LogP contribution in [-0.4, -0.2) is 4.57 Å². The summed E-state index contributed by atoms with van der Waals surface area (Å²) in [5.41, 5.74) is 2.24. The third-order valence-corrected chi connectivity index (χ3v) is 4.12. The third kappa shape index (κ3) is 1.24. The number of nitrogens with zero attached hydrogens (tertiary/aromatic N) is 1. The zero-order valence-electron chi connectivity index (χ0n) is 9.36. The molecule has 0 saturated carbocycles. The summed E-state index contributed by atoms with van der Waals surface area (Å²) in [6.07, 6.45) is 2.03. The first-order valence-corrected chi connectivity index (χ1v) is 6.46. The van der Waals surface area contributed by atoms with Crippen LogP contribution in [0.1, 0.15) is 25.3 Å². The van der Waals surface area contributed by atoms with Gasteiger partial charge in [0.1, 0.15) is 0 Å². The van der Waals surface area contributed by atoms with Crippen molar-refractivity contribution in [3.63, 3.8) is 0 Å². The van der Waals surface area contributed by atoms with Crippen molar-refractivity contribution < 1.29 is 0 Å². The molecule has 3 rings (SSSR count). The molecule has 0 aliphatic carbocycles. The van der Waals surface area contributed by atoms with Crippen molar-refractivity contribution in [3.8, 4) is 0 Å². The summed E-state index contributed by atoms with van der Waals surface area (Å²) in [4.78, 5) is 13.5. The molecule has 0 atom stereocenters. The van der Waals surface area contributed by atoms with Crippen LogP contribution in [0.4, 0.5) is 0 Å². The molecule has 0 fully saturated rings. The highest BCUT2D eigenvalue weighted by Gasteiger charge is 2.18. The lowest BCUT2D eigenvalue weighted by Gasteiger charge is -2.09. The van der Waals surface area contributed by atoms with Gasteiger partial charge in [0, 0.05) is 22.0 Å². The Morgan fingerprint density at radius 2 is 2.19 bits per heavy atom. The summed E-state index contributed by atoms with van der Waals surface area (Å²) in [7, 11) is 0. The maximum atomic E-state index is 12.3. The Hall–Kier alpha value is -1.22. The van der Waals surface area contributed by atoms with E-state index in [2.05, 4.69) is 24.5 Å². The molecule has 0 unspecified atom stereocenters. The van der Waals surface area contributed by atoms with Gasteiger partial charge in [0.15, 0.2) is 5.43 Å². The van der Waals surface area contributed by atoms with Crippen molar-refractivity contribution in [1.29, 1.82) is 0 Å². The molecule has 2 heterocycles. The third-order valence-electron chi connectivity index (χ3n) is 3.07. The topological polar surface area (TPSA) is 22.0 Å². The summed E-state index contributed by atoms with van der Waals surface area (Å²) in [5.74, 6) is 1.21. The molecule has 1 aromatic heterocycles. The van der Waals surface area contributed by atoms with Gasteiger partial charge in [0.25, 0.3) is 0 Å². The molecule has 0 spiro atoms. The van der Waals surface area contributed by atoms with Crippen LogP contribution in [0.3, 0.4) is 0 Å². The van der Waals surface area contributed by atoms with Crippen LogP contribution in [0.15, 0.2) is 34.1 Å². The van der Waals surface area contributed by atoms with Gasteiger partial charge in [0.2, 0.25) is 0 Å². The highest BCUT2D eigenvalue weighted by Crippen LogP contribution is 2.35. The van der Waals surface area contributed by atoms with Crippen molar-refractivity contribution >= 4 is 22.7 Å². The largest absolute Gasteiger partial charge is 0.336 e. The fourth-order valence-corrected chi connectivity index (χ4v) is 3.24. The van der Waals surface area contributed by atoms with E-state index >= 15 is 0 Å². The molecule has 0 N–H and O–H groups in total. The number of thioether (sulfide) groups is 1. The van der Waals surface area contributed by atoms with Crippen LogP contribution >= 0.6 is 11.8 Å². The summed E-state index contributed by atoms with van der Waals surface area (Å²) >= 11 is 1.80. The minimum atomic E-state index is 0.200. The van der Waals surface area contributed by atoms with E-state index in [1.807, 2.05) is 18.3 Å². The second-order valence-corrected chi connectivity index (χ2v) is 5.45. The molecule has 1 aliphatic heterocycles. The highest BCUT2D eigenvalue weighted by molar-refractivity contribution is 7.98. The van der Waals surface area contributed by atoms with E-state index in [9.17, 15) is 4.79 Å². The van der Waals surface area contributed by atoms with Gasteiger partial charge in [-0.05, 0) is 18.1 Å². The second-order valence-electron chi connectivity index (χ2n) is 4.46. The predicted molar refractivity (Wildman–Crippen MR) is 68.2 cm³/mol. The Morgan fingerprint density at radius 3 is 2.94 bits per heavy atom. The van der Waals surface area contributed by atoms with Crippen LogP contribution in [-0.2, 0) is 5.88 Å². The van der Waals surface area contributed by atoms with Crippen molar-refractivity contribution in [2.45, 2.75) is 30.5 Å². The Bertz CT molecular complexity index is 628. The minimum absolute atomic E-state index is 0.200. The van der Waals surface area contributed by atoms with Gasteiger partial charge in [-0.25, -0.2) is 0 Å². The number of hydrogen-bond acceptors (Lipinski definition) is 2. The van der Waals surface area contributed by atoms with Crippen molar-refractivity contribution in [2.75, 3.05) is 0 Å². The lowest BCUT2D eigenvalue weighted by molar-refractivity contribution is 0.820. The zero-order chi connectivity index (χ0) is 11.3. The molecule has 0 saturated heterocycles. The standard InChI is InChI=1S/C13H13NOS/c1-8(2)10-6-14-7-16-11-5-3-4-9(12(11)14)13(10)15/h3-6,8H,7H2,1-2H3. The van der Waals surface area contributed by atoms with Crippen molar-refractivity contribution in [3.05, 3.63) is 40.2 Å². The lowest BCUT2D eigenvalue weighted by Crippen LogP contribution is -2.14. The Morgan fingerprint density at radius 1 is 1.38 bits per heavy atom. The molecule has 2 nitrogen and oxygen atoms in total. The lowest BCUT2D eigenvalue weighted by atomic mass is 10.0. The van der Waals surface area contributed by atoms with E-state index < -0.39 is 0 Å². The number of pyridine rings is 1. The average Bonchev–Trinajstić information content (AvgIpc) is 2.67. The van der Waals surface area contributed by atoms with Crippen molar-refractivity contribution in [2.24, 2.45) is 0 Å². The van der Waals surface area contributed by atoms with Gasteiger partial charge >= 0.3 is 0 Å². The number of para-hydroxylation sites is 1. The molecule has 16 heavy (non-hydrogen) atoms. The van der Waals surface area contributed by atoms with Gasteiger partial charge in [-0.1, -0.05) is 19.9 Å². The molecular formula is C13H13NOS. The zero-order valence-corrected chi connectivity index (χ0v) is 10.2. The SMILES string of the molecule is CC(C)c1cn2c3c(cccc3c1=O)SC2. The highest BCUT2D eigenvalue weighted by atomic mass is 32.2. The molecule has 1 aliphatic rings. The maximum absolute atomic E-state index is 12.3. The van der Waals surface area contributed by atoms with Gasteiger partial charge in [-0.2, -0.15) is 0 Å². The van der Waals surface area contributed by atoms with Gasteiger partial charge < -0.3 is 4.57 Å². The fraction of sp³-hybridized carbons (Fsp3) is 0.308. The summed E-state index contributed by atoms with van der Waals surface area (Å²) in [6.45, 7) is 4.14. The predicted octanol–water partition coefficient (Wildman–Crippen LogP) is 3.19. The monoisotopic (exact) mass is 231 g/mol. The fourth-order valence-electron chi connectivity index (χ4n) is 2.22. The van der Waals surface area contributed by atoms with Crippen LogP contribution in [0.2, 0.25) is 0 Å². The van der Waals surface area contributed by atoms with E-state index in [1.165, 1.54) is 4.90 Å². The second kappa shape index (κ2) is 3.39. The smallest absolute Gasteiger partial charge is 0.192 e. The van der Waals surface area contributed by atoms with Gasteiger partial charge in [-0.3, -0.25) is 4.79 Å². The summed E-state index contributed by atoms with van der Waals surface area (Å²) in [5, 5.41) is 0.869. The number of aromatic nitrogens is 1. The first kappa shape index (κ1) is 9.97. The van der Waals surface area contributed by atoms with Crippen LogP contribution in [0.25, 0.3) is 10.9 Å². The number of hydrogen-bond donors (Lipinski definition) is 0. The number of benzene rings is 1. The van der Waals surface area contributed by atoms with Gasteiger partial charge in [-0.15, -0.1) is 11.8 Å². The molecular weight excluding hydrogens is 218 g/mol. The summed E-state index contributed by atoms with van der Waals surface area (Å²) in [6, 6.07) is 6.01. The van der Waals surface area contributed by atoms with Crippen LogP contribution in [0.5, 0.6) is 0 Å². The summed E-state index contributed by atoms with van der Waals surface area (Å²) < 4.78 is 2.20. The average molecular weight is 231 g/mol. The Balaban J connectivity index is 2.49.